The Labute approximate surface area is 182 Å². The Morgan fingerprint density at radius 1 is 0.871 bits per heavy atom. The van der Waals surface area contributed by atoms with Crippen LogP contribution in [0, 0.1) is 5.41 Å². The molecule has 0 bridgehead atoms. The number of aromatic nitrogens is 1. The van der Waals surface area contributed by atoms with Gasteiger partial charge in [-0.15, -0.1) is 0 Å². The van der Waals surface area contributed by atoms with Gasteiger partial charge < -0.3 is 15.5 Å². The fourth-order valence-electron chi connectivity index (χ4n) is 3.90. The maximum absolute atomic E-state index is 13.0. The molecule has 3 N–H and O–H groups in total. The number of aryl methyl sites for hydroxylation is 2. The van der Waals surface area contributed by atoms with Crippen molar-refractivity contribution in [1.82, 2.24) is 9.88 Å². The normalized spacial score (nSPS) is 13.8. The second-order valence-electron chi connectivity index (χ2n) is 7.81. The Kier molecular flexibility index (Phi) is 6.26. The predicted octanol–water partition coefficient (Wildman–Crippen LogP) is 3.11. The van der Waals surface area contributed by atoms with Gasteiger partial charge in [-0.3, -0.25) is 15.2 Å². The number of piperazine rings is 1. The highest BCUT2D eigenvalue weighted by atomic mass is 16.2. The molecule has 0 atom stereocenters. The Balaban J connectivity index is 1.36. The Bertz CT molecular complexity index is 1060. The van der Waals surface area contributed by atoms with E-state index >= 15 is 0 Å². The van der Waals surface area contributed by atoms with E-state index in [0.29, 0.717) is 18.7 Å². The van der Waals surface area contributed by atoms with Crippen LogP contribution < -0.4 is 10.6 Å². The maximum atomic E-state index is 13.0. The third-order valence-corrected chi connectivity index (χ3v) is 5.68. The smallest absolute Gasteiger partial charge is 0.255 e. The third-order valence-electron chi connectivity index (χ3n) is 5.68. The zero-order valence-corrected chi connectivity index (χ0v) is 17.5. The number of nitrogens with two attached hydrogens (primary N) is 1. The van der Waals surface area contributed by atoms with Gasteiger partial charge in [-0.1, -0.05) is 42.5 Å². The minimum Gasteiger partial charge on any atom is -0.384 e. The van der Waals surface area contributed by atoms with Crippen LogP contribution >= 0.6 is 0 Å². The summed E-state index contributed by atoms with van der Waals surface area (Å²) in [5.74, 6) is 0.0986. The molecule has 158 valence electrons. The van der Waals surface area contributed by atoms with Crippen molar-refractivity contribution in [3.63, 3.8) is 0 Å². The number of nitrogen functional groups attached to an aromatic ring is 1. The summed E-state index contributed by atoms with van der Waals surface area (Å²) in [7, 11) is 0. The van der Waals surface area contributed by atoms with E-state index < -0.39 is 0 Å². The SMILES string of the molecule is N=C(N)c1cccc(N2CCN(C(=O)c3cncc(CCc4ccccc4)c3)CC2)c1. The van der Waals surface area contributed by atoms with Gasteiger partial charge in [0.2, 0.25) is 0 Å². The highest BCUT2D eigenvalue weighted by Crippen LogP contribution is 2.19. The summed E-state index contributed by atoms with van der Waals surface area (Å²) in [5, 5.41) is 7.63. The second kappa shape index (κ2) is 9.43. The Hall–Kier alpha value is -3.67. The molecule has 6 nitrogen and oxygen atoms in total. The Morgan fingerprint density at radius 3 is 2.35 bits per heavy atom. The number of benzene rings is 2. The summed E-state index contributed by atoms with van der Waals surface area (Å²) in [6.45, 7) is 2.79. The van der Waals surface area contributed by atoms with Crippen LogP contribution in [0.2, 0.25) is 0 Å². The number of hydrogen-bond acceptors (Lipinski definition) is 4. The monoisotopic (exact) mass is 413 g/mol. The third kappa shape index (κ3) is 5.09. The van der Waals surface area contributed by atoms with Crippen molar-refractivity contribution >= 4 is 17.4 Å². The molecule has 0 unspecified atom stereocenters. The number of rotatable bonds is 6. The number of hydrogen-bond donors (Lipinski definition) is 2. The molecule has 1 aliphatic heterocycles. The van der Waals surface area contributed by atoms with Gasteiger partial charge in [0.05, 0.1) is 5.56 Å². The molecular weight excluding hydrogens is 386 g/mol. The summed E-state index contributed by atoms with van der Waals surface area (Å²) in [5.41, 5.74) is 10.4. The Morgan fingerprint density at radius 2 is 1.61 bits per heavy atom. The van der Waals surface area contributed by atoms with Gasteiger partial charge in [0.1, 0.15) is 5.84 Å². The number of carbonyl (C=O) groups excluding carboxylic acids is 1. The lowest BCUT2D eigenvalue weighted by atomic mass is 10.0. The zero-order valence-electron chi connectivity index (χ0n) is 17.5. The molecule has 0 spiro atoms. The molecular formula is C25H27N5O. The van der Waals surface area contributed by atoms with Gasteiger partial charge in [0.15, 0.2) is 0 Å². The molecule has 1 aliphatic rings. The van der Waals surface area contributed by atoms with Gasteiger partial charge in [-0.2, -0.15) is 0 Å². The van der Waals surface area contributed by atoms with Crippen LogP contribution in [0.15, 0.2) is 73.1 Å². The molecule has 1 saturated heterocycles. The summed E-state index contributed by atoms with van der Waals surface area (Å²) < 4.78 is 0. The quantitative estimate of drug-likeness (QED) is 0.480. The first-order valence-corrected chi connectivity index (χ1v) is 10.6. The first kappa shape index (κ1) is 20.6. The first-order valence-electron chi connectivity index (χ1n) is 10.6. The number of amidine groups is 1. The van der Waals surface area contributed by atoms with E-state index in [-0.39, 0.29) is 11.7 Å². The van der Waals surface area contributed by atoms with E-state index in [4.69, 9.17) is 11.1 Å². The minimum absolute atomic E-state index is 0.0335. The van der Waals surface area contributed by atoms with Crippen molar-refractivity contribution in [1.29, 1.82) is 5.41 Å². The average Bonchev–Trinajstić information content (AvgIpc) is 2.83. The van der Waals surface area contributed by atoms with Gasteiger partial charge in [-0.05, 0) is 42.2 Å². The van der Waals surface area contributed by atoms with Gasteiger partial charge >= 0.3 is 0 Å². The van der Waals surface area contributed by atoms with E-state index in [1.54, 1.807) is 6.20 Å². The van der Waals surface area contributed by atoms with Crippen LogP contribution in [0.4, 0.5) is 5.69 Å². The van der Waals surface area contributed by atoms with E-state index in [0.717, 1.165) is 42.7 Å². The van der Waals surface area contributed by atoms with Crippen LogP contribution in [0.1, 0.15) is 27.0 Å². The van der Waals surface area contributed by atoms with Gasteiger partial charge in [0.25, 0.3) is 5.91 Å². The summed E-state index contributed by atoms with van der Waals surface area (Å²) in [4.78, 5) is 21.5. The minimum atomic E-state index is 0.0335. The molecule has 2 heterocycles. The fourth-order valence-corrected chi connectivity index (χ4v) is 3.90. The number of amides is 1. The molecule has 0 radical (unpaired) electrons. The van der Waals surface area contributed by atoms with E-state index in [1.807, 2.05) is 59.6 Å². The number of pyridine rings is 1. The average molecular weight is 414 g/mol. The number of anilines is 1. The molecule has 0 saturated carbocycles. The molecule has 3 aromatic rings. The van der Waals surface area contributed by atoms with Crippen molar-refractivity contribution in [2.24, 2.45) is 5.73 Å². The fraction of sp³-hybridized carbons (Fsp3) is 0.240. The molecule has 1 aromatic heterocycles. The van der Waals surface area contributed by atoms with Crippen molar-refractivity contribution in [2.45, 2.75) is 12.8 Å². The van der Waals surface area contributed by atoms with Crippen LogP contribution in [-0.2, 0) is 12.8 Å². The summed E-state index contributed by atoms with van der Waals surface area (Å²) >= 11 is 0. The zero-order chi connectivity index (χ0) is 21.6. The van der Waals surface area contributed by atoms with E-state index in [1.165, 1.54) is 5.56 Å². The standard InChI is InChI=1S/C25H27N5O/c26-24(27)21-7-4-8-23(16-21)29-11-13-30(14-12-29)25(31)22-15-20(17-28-18-22)10-9-19-5-2-1-3-6-19/h1-8,15-18H,9-14H2,(H3,26,27). The lowest BCUT2D eigenvalue weighted by Crippen LogP contribution is -2.48. The van der Waals surface area contributed by atoms with Crippen molar-refractivity contribution < 1.29 is 4.79 Å². The first-order chi connectivity index (χ1) is 15.1. The van der Waals surface area contributed by atoms with E-state index in [9.17, 15) is 4.79 Å². The molecule has 0 aliphatic carbocycles. The molecule has 6 heteroatoms. The highest BCUT2D eigenvalue weighted by molar-refractivity contribution is 5.96. The number of nitrogens with zero attached hydrogens (tertiary/aromatic N) is 3. The topological polar surface area (TPSA) is 86.3 Å². The van der Waals surface area contributed by atoms with Gasteiger partial charge in [-0.25, -0.2) is 0 Å². The van der Waals surface area contributed by atoms with Crippen molar-refractivity contribution in [3.8, 4) is 0 Å². The van der Waals surface area contributed by atoms with Crippen LogP contribution in [-0.4, -0.2) is 47.8 Å². The molecule has 4 rings (SSSR count). The predicted molar refractivity (Wildman–Crippen MR) is 124 cm³/mol. The molecule has 31 heavy (non-hydrogen) atoms. The van der Waals surface area contributed by atoms with Crippen LogP contribution in [0.25, 0.3) is 0 Å². The van der Waals surface area contributed by atoms with Crippen molar-refractivity contribution in [3.05, 3.63) is 95.3 Å². The summed E-state index contributed by atoms with van der Waals surface area (Å²) in [6, 6.07) is 20.0. The number of nitrogens with one attached hydrogen (secondary N) is 1. The van der Waals surface area contributed by atoms with Crippen LogP contribution in [0.5, 0.6) is 0 Å². The molecule has 1 fully saturated rings. The lowest BCUT2D eigenvalue weighted by molar-refractivity contribution is 0.0746. The second-order valence-corrected chi connectivity index (χ2v) is 7.81. The van der Waals surface area contributed by atoms with Gasteiger partial charge in [0, 0.05) is 49.8 Å². The number of carbonyl (C=O) groups is 1. The van der Waals surface area contributed by atoms with Crippen LogP contribution in [0.3, 0.4) is 0 Å². The maximum Gasteiger partial charge on any atom is 0.255 e. The molecule has 2 aromatic carbocycles. The summed E-state index contributed by atoms with van der Waals surface area (Å²) in [6.07, 6.45) is 5.30. The largest absolute Gasteiger partial charge is 0.384 e. The van der Waals surface area contributed by atoms with Crippen molar-refractivity contribution in [2.75, 3.05) is 31.1 Å². The molecule has 1 amide bonds. The lowest BCUT2D eigenvalue weighted by Gasteiger charge is -2.36. The highest BCUT2D eigenvalue weighted by Gasteiger charge is 2.23. The van der Waals surface area contributed by atoms with E-state index in [2.05, 4.69) is 22.0 Å².